The molecule has 0 bridgehead atoms. The zero-order valence-corrected chi connectivity index (χ0v) is 11.5. The zero-order valence-electron chi connectivity index (χ0n) is 11.5. The molecule has 6 heteroatoms. The Morgan fingerprint density at radius 2 is 1.67 bits per heavy atom. The number of carboxylic acids is 1. The third-order valence-electron chi connectivity index (χ3n) is 3.57. The molecule has 6 nitrogen and oxygen atoms in total. The van der Waals surface area contributed by atoms with Gasteiger partial charge in [0.2, 0.25) is 0 Å². The zero-order chi connectivity index (χ0) is 14.7. The van der Waals surface area contributed by atoms with E-state index in [1.165, 1.54) is 0 Å². The van der Waals surface area contributed by atoms with Crippen molar-refractivity contribution in [3.63, 3.8) is 0 Å². The van der Waals surface area contributed by atoms with Gasteiger partial charge in [-0.2, -0.15) is 0 Å². The number of rotatable bonds is 3. The molecule has 21 heavy (non-hydrogen) atoms. The predicted molar refractivity (Wildman–Crippen MR) is 79.9 cm³/mol. The summed E-state index contributed by atoms with van der Waals surface area (Å²) in [6, 6.07) is 9.09. The molecule has 108 valence electrons. The van der Waals surface area contributed by atoms with Crippen molar-refractivity contribution in [2.24, 2.45) is 0 Å². The quantitative estimate of drug-likeness (QED) is 0.921. The second-order valence-corrected chi connectivity index (χ2v) is 4.84. The van der Waals surface area contributed by atoms with Crippen LogP contribution in [0.25, 0.3) is 0 Å². The lowest BCUT2D eigenvalue weighted by atomic mass is 10.2. The van der Waals surface area contributed by atoms with E-state index in [1.54, 1.807) is 24.5 Å². The molecule has 0 saturated carbocycles. The van der Waals surface area contributed by atoms with Crippen molar-refractivity contribution in [1.82, 2.24) is 9.97 Å². The maximum Gasteiger partial charge on any atom is 0.339 e. The summed E-state index contributed by atoms with van der Waals surface area (Å²) in [6.07, 6.45) is 3.41. The lowest BCUT2D eigenvalue weighted by Crippen LogP contribution is -2.47. The molecule has 0 atom stereocenters. The van der Waals surface area contributed by atoms with E-state index in [2.05, 4.69) is 14.9 Å². The van der Waals surface area contributed by atoms with E-state index < -0.39 is 5.97 Å². The SMILES string of the molecule is O=C(O)c1cccnc1N1CCN(c2ccccn2)CC1. The molecular weight excluding hydrogens is 268 g/mol. The normalized spacial score (nSPS) is 15.0. The van der Waals surface area contributed by atoms with E-state index in [0.717, 1.165) is 32.0 Å². The van der Waals surface area contributed by atoms with Crippen LogP contribution in [0.15, 0.2) is 42.7 Å². The predicted octanol–water partition coefficient (Wildman–Crippen LogP) is 1.50. The number of hydrogen-bond acceptors (Lipinski definition) is 5. The Balaban J connectivity index is 1.73. The van der Waals surface area contributed by atoms with Crippen molar-refractivity contribution in [1.29, 1.82) is 0 Å². The Bertz CT molecular complexity index is 625. The van der Waals surface area contributed by atoms with Crippen LogP contribution in [0.2, 0.25) is 0 Å². The van der Waals surface area contributed by atoms with Gasteiger partial charge < -0.3 is 14.9 Å². The minimum absolute atomic E-state index is 0.254. The van der Waals surface area contributed by atoms with Gasteiger partial charge in [-0.1, -0.05) is 6.07 Å². The van der Waals surface area contributed by atoms with Gasteiger partial charge in [-0.3, -0.25) is 0 Å². The van der Waals surface area contributed by atoms with Crippen LogP contribution in [-0.4, -0.2) is 47.2 Å². The fourth-order valence-electron chi connectivity index (χ4n) is 2.50. The summed E-state index contributed by atoms with van der Waals surface area (Å²) in [6.45, 7) is 3.06. The fourth-order valence-corrected chi connectivity index (χ4v) is 2.50. The van der Waals surface area contributed by atoms with E-state index in [1.807, 2.05) is 23.1 Å². The molecule has 0 unspecified atom stereocenters. The molecule has 1 N–H and O–H groups in total. The van der Waals surface area contributed by atoms with Crippen molar-refractivity contribution in [2.45, 2.75) is 0 Å². The summed E-state index contributed by atoms with van der Waals surface area (Å²) >= 11 is 0. The number of hydrogen-bond donors (Lipinski definition) is 1. The molecule has 0 amide bonds. The van der Waals surface area contributed by atoms with Gasteiger partial charge >= 0.3 is 5.97 Å². The Labute approximate surface area is 122 Å². The lowest BCUT2D eigenvalue weighted by molar-refractivity contribution is 0.0697. The van der Waals surface area contributed by atoms with Crippen LogP contribution in [0, 0.1) is 0 Å². The van der Waals surface area contributed by atoms with Gasteiger partial charge in [0.05, 0.1) is 0 Å². The number of pyridine rings is 2. The van der Waals surface area contributed by atoms with Crippen LogP contribution < -0.4 is 9.80 Å². The summed E-state index contributed by atoms with van der Waals surface area (Å²) in [5.74, 6) is 0.563. The number of anilines is 2. The van der Waals surface area contributed by atoms with Gasteiger partial charge in [0.15, 0.2) is 0 Å². The number of carboxylic acid groups (broad SMARTS) is 1. The van der Waals surface area contributed by atoms with Gasteiger partial charge in [0.25, 0.3) is 0 Å². The van der Waals surface area contributed by atoms with Gasteiger partial charge in [0, 0.05) is 38.6 Å². The number of nitrogens with zero attached hydrogens (tertiary/aromatic N) is 4. The molecule has 2 aromatic rings. The average molecular weight is 284 g/mol. The first-order valence-corrected chi connectivity index (χ1v) is 6.85. The standard InChI is InChI=1S/C15H16N4O2/c20-15(21)12-4-3-7-17-14(12)19-10-8-18(9-11-19)13-5-1-2-6-16-13/h1-7H,8-11H2,(H,20,21). The number of aromatic nitrogens is 2. The monoisotopic (exact) mass is 284 g/mol. The molecule has 0 spiro atoms. The number of piperazine rings is 1. The van der Waals surface area contributed by atoms with E-state index in [0.29, 0.717) is 5.82 Å². The summed E-state index contributed by atoms with van der Waals surface area (Å²) in [4.78, 5) is 24.1. The highest BCUT2D eigenvalue weighted by Gasteiger charge is 2.22. The fraction of sp³-hybridized carbons (Fsp3) is 0.267. The minimum Gasteiger partial charge on any atom is -0.478 e. The van der Waals surface area contributed by atoms with E-state index in [4.69, 9.17) is 0 Å². The van der Waals surface area contributed by atoms with Crippen molar-refractivity contribution in [2.75, 3.05) is 36.0 Å². The molecule has 3 heterocycles. The van der Waals surface area contributed by atoms with Gasteiger partial charge in [-0.25, -0.2) is 14.8 Å². The second kappa shape index (κ2) is 5.78. The van der Waals surface area contributed by atoms with Crippen LogP contribution in [0.5, 0.6) is 0 Å². The number of aromatic carboxylic acids is 1. The Morgan fingerprint density at radius 3 is 2.33 bits per heavy atom. The molecule has 0 radical (unpaired) electrons. The van der Waals surface area contributed by atoms with Crippen LogP contribution in [0.3, 0.4) is 0 Å². The first-order chi connectivity index (χ1) is 10.3. The van der Waals surface area contributed by atoms with Crippen LogP contribution >= 0.6 is 0 Å². The summed E-state index contributed by atoms with van der Waals surface area (Å²) < 4.78 is 0. The van der Waals surface area contributed by atoms with Crippen LogP contribution in [0.4, 0.5) is 11.6 Å². The van der Waals surface area contributed by atoms with Crippen molar-refractivity contribution >= 4 is 17.6 Å². The summed E-state index contributed by atoms with van der Waals surface area (Å²) in [5.41, 5.74) is 0.254. The molecule has 1 aliphatic heterocycles. The largest absolute Gasteiger partial charge is 0.478 e. The molecule has 0 aliphatic carbocycles. The maximum atomic E-state index is 11.3. The first kappa shape index (κ1) is 13.4. The Morgan fingerprint density at radius 1 is 0.952 bits per heavy atom. The smallest absolute Gasteiger partial charge is 0.339 e. The van der Waals surface area contributed by atoms with Crippen LogP contribution in [-0.2, 0) is 0 Å². The average Bonchev–Trinajstić information content (AvgIpc) is 2.56. The molecule has 1 aliphatic rings. The first-order valence-electron chi connectivity index (χ1n) is 6.85. The van der Waals surface area contributed by atoms with E-state index in [-0.39, 0.29) is 5.56 Å². The highest BCUT2D eigenvalue weighted by atomic mass is 16.4. The van der Waals surface area contributed by atoms with E-state index in [9.17, 15) is 9.90 Å². The second-order valence-electron chi connectivity index (χ2n) is 4.84. The molecule has 3 rings (SSSR count). The molecule has 0 aromatic carbocycles. The molecule has 1 saturated heterocycles. The summed E-state index contributed by atoms with van der Waals surface area (Å²) in [7, 11) is 0. The van der Waals surface area contributed by atoms with E-state index >= 15 is 0 Å². The highest BCUT2D eigenvalue weighted by Crippen LogP contribution is 2.20. The topological polar surface area (TPSA) is 69.6 Å². The van der Waals surface area contributed by atoms with Crippen molar-refractivity contribution < 1.29 is 9.90 Å². The molecule has 2 aromatic heterocycles. The Hall–Kier alpha value is -2.63. The molecular formula is C15H16N4O2. The van der Waals surface area contributed by atoms with Crippen LogP contribution in [0.1, 0.15) is 10.4 Å². The highest BCUT2D eigenvalue weighted by molar-refractivity contribution is 5.93. The van der Waals surface area contributed by atoms with Gasteiger partial charge in [-0.05, 0) is 24.3 Å². The lowest BCUT2D eigenvalue weighted by Gasteiger charge is -2.36. The van der Waals surface area contributed by atoms with Gasteiger partial charge in [-0.15, -0.1) is 0 Å². The molecule has 1 fully saturated rings. The van der Waals surface area contributed by atoms with Crippen molar-refractivity contribution in [3.8, 4) is 0 Å². The third kappa shape index (κ3) is 2.79. The Kier molecular flexibility index (Phi) is 3.68. The maximum absolute atomic E-state index is 11.3. The van der Waals surface area contributed by atoms with Gasteiger partial charge in [0.1, 0.15) is 17.2 Å². The number of carbonyl (C=O) groups is 1. The third-order valence-corrected chi connectivity index (χ3v) is 3.57. The minimum atomic E-state index is -0.940. The summed E-state index contributed by atoms with van der Waals surface area (Å²) in [5, 5.41) is 9.24. The van der Waals surface area contributed by atoms with Crippen molar-refractivity contribution in [3.05, 3.63) is 48.3 Å².